The average Bonchev–Trinajstić information content (AvgIpc) is 2.84. The Balaban J connectivity index is 2.17. The molecule has 0 fully saturated rings. The summed E-state index contributed by atoms with van der Waals surface area (Å²) in [6, 6.07) is 20.9. The van der Waals surface area contributed by atoms with Crippen molar-refractivity contribution in [3.63, 3.8) is 0 Å². The van der Waals surface area contributed by atoms with E-state index < -0.39 is 0 Å². The molecule has 0 spiro atoms. The normalized spacial score (nSPS) is 20.6. The monoisotopic (exact) mass is 236 g/mol. The maximum absolute atomic E-state index is 6.04. The van der Waals surface area contributed by atoms with Gasteiger partial charge in [0.15, 0.2) is 5.60 Å². The molecule has 2 aromatic rings. The molecule has 2 aromatic carbocycles. The minimum atomic E-state index is -0.372. The summed E-state index contributed by atoms with van der Waals surface area (Å²) in [5.41, 5.74) is 2.03. The van der Waals surface area contributed by atoms with Gasteiger partial charge in [-0.15, -0.1) is 0 Å². The Morgan fingerprint density at radius 1 is 0.833 bits per heavy atom. The van der Waals surface area contributed by atoms with Gasteiger partial charge in [0.05, 0.1) is 6.26 Å². The van der Waals surface area contributed by atoms with Gasteiger partial charge < -0.3 is 4.74 Å². The average molecular weight is 236 g/mol. The Morgan fingerprint density at radius 3 is 1.72 bits per heavy atom. The lowest BCUT2D eigenvalue weighted by molar-refractivity contribution is 0.0506. The van der Waals surface area contributed by atoms with E-state index in [2.05, 4.69) is 61.5 Å². The number of ether oxygens (including phenoxy) is 1. The van der Waals surface area contributed by atoms with Crippen LogP contribution < -0.4 is 0 Å². The van der Waals surface area contributed by atoms with Crippen molar-refractivity contribution in [2.45, 2.75) is 12.5 Å². The summed E-state index contributed by atoms with van der Waals surface area (Å²) in [6.07, 6.45) is 3.95. The number of benzene rings is 2. The Labute approximate surface area is 108 Å². The van der Waals surface area contributed by atoms with E-state index in [4.69, 9.17) is 4.74 Å². The molecule has 0 N–H and O–H groups in total. The van der Waals surface area contributed by atoms with Crippen LogP contribution in [0.25, 0.3) is 0 Å². The molecule has 0 saturated heterocycles. The molecule has 1 nitrogen and oxygen atoms in total. The van der Waals surface area contributed by atoms with Crippen molar-refractivity contribution in [3.05, 3.63) is 84.1 Å². The van der Waals surface area contributed by atoms with Crippen LogP contribution in [0.15, 0.2) is 73.0 Å². The Kier molecular flexibility index (Phi) is 2.67. The zero-order chi connectivity index (χ0) is 12.4. The second kappa shape index (κ2) is 4.34. The third-order valence-electron chi connectivity index (χ3n) is 3.67. The van der Waals surface area contributed by atoms with Crippen molar-refractivity contribution >= 4 is 0 Å². The summed E-state index contributed by atoms with van der Waals surface area (Å²) in [5.74, 6) is 0.322. The highest BCUT2D eigenvalue weighted by atomic mass is 16.5. The summed E-state index contributed by atoms with van der Waals surface area (Å²) >= 11 is 0. The van der Waals surface area contributed by atoms with Gasteiger partial charge in [-0.05, 0) is 6.08 Å². The summed E-state index contributed by atoms with van der Waals surface area (Å²) < 4.78 is 6.04. The predicted molar refractivity (Wildman–Crippen MR) is 73.1 cm³/mol. The molecule has 18 heavy (non-hydrogen) atoms. The number of hydrogen-bond donors (Lipinski definition) is 0. The summed E-state index contributed by atoms with van der Waals surface area (Å²) in [6.45, 7) is 2.20. The quantitative estimate of drug-likeness (QED) is 0.762. The van der Waals surface area contributed by atoms with E-state index in [1.54, 1.807) is 0 Å². The highest BCUT2D eigenvalue weighted by molar-refractivity contribution is 5.40. The van der Waals surface area contributed by atoms with Crippen molar-refractivity contribution in [1.82, 2.24) is 0 Å². The fraction of sp³-hybridized carbons (Fsp3) is 0.176. The first-order valence-corrected chi connectivity index (χ1v) is 6.29. The molecular formula is C17H16O. The van der Waals surface area contributed by atoms with Crippen molar-refractivity contribution < 1.29 is 4.74 Å². The van der Waals surface area contributed by atoms with Gasteiger partial charge in [-0.2, -0.15) is 0 Å². The highest BCUT2D eigenvalue weighted by Gasteiger charge is 2.43. The molecule has 0 bridgehead atoms. The second-order valence-corrected chi connectivity index (χ2v) is 4.70. The van der Waals surface area contributed by atoms with Crippen LogP contribution in [-0.2, 0) is 10.3 Å². The predicted octanol–water partition coefficient (Wildman–Crippen LogP) is 4.11. The first-order valence-electron chi connectivity index (χ1n) is 6.29. The first kappa shape index (κ1) is 11.1. The van der Waals surface area contributed by atoms with Crippen LogP contribution in [-0.4, -0.2) is 0 Å². The number of hydrogen-bond acceptors (Lipinski definition) is 1. The van der Waals surface area contributed by atoms with Crippen molar-refractivity contribution in [2.24, 2.45) is 5.92 Å². The maximum Gasteiger partial charge on any atom is 0.164 e. The van der Waals surface area contributed by atoms with Crippen LogP contribution in [0.1, 0.15) is 18.1 Å². The lowest BCUT2D eigenvalue weighted by atomic mass is 9.78. The van der Waals surface area contributed by atoms with E-state index in [9.17, 15) is 0 Å². The van der Waals surface area contributed by atoms with Crippen molar-refractivity contribution in [2.75, 3.05) is 0 Å². The van der Waals surface area contributed by atoms with Gasteiger partial charge in [-0.3, -0.25) is 0 Å². The van der Waals surface area contributed by atoms with Crippen LogP contribution in [0.4, 0.5) is 0 Å². The zero-order valence-electron chi connectivity index (χ0n) is 10.4. The fourth-order valence-corrected chi connectivity index (χ4v) is 2.71. The van der Waals surface area contributed by atoms with Crippen molar-refractivity contribution in [1.29, 1.82) is 0 Å². The van der Waals surface area contributed by atoms with Gasteiger partial charge >= 0.3 is 0 Å². The van der Waals surface area contributed by atoms with Crippen LogP contribution in [0.3, 0.4) is 0 Å². The summed E-state index contributed by atoms with van der Waals surface area (Å²) in [4.78, 5) is 0. The molecule has 1 aliphatic rings. The Morgan fingerprint density at radius 2 is 1.33 bits per heavy atom. The lowest BCUT2D eigenvalue weighted by Gasteiger charge is -2.34. The maximum atomic E-state index is 6.04. The van der Waals surface area contributed by atoms with Crippen molar-refractivity contribution in [3.8, 4) is 0 Å². The molecule has 3 rings (SSSR count). The van der Waals surface area contributed by atoms with E-state index >= 15 is 0 Å². The summed E-state index contributed by atoms with van der Waals surface area (Å²) in [5, 5.41) is 0. The van der Waals surface area contributed by atoms with E-state index in [1.165, 1.54) is 11.1 Å². The molecule has 1 unspecified atom stereocenters. The SMILES string of the molecule is CC1C=COC1(c1ccccc1)c1ccccc1. The molecule has 1 atom stereocenters. The van der Waals surface area contributed by atoms with Crippen LogP contribution in [0, 0.1) is 5.92 Å². The van der Waals surface area contributed by atoms with E-state index in [0.29, 0.717) is 5.92 Å². The third-order valence-corrected chi connectivity index (χ3v) is 3.67. The molecule has 1 heteroatoms. The molecule has 1 aliphatic heterocycles. The molecule has 1 heterocycles. The summed E-state index contributed by atoms with van der Waals surface area (Å²) in [7, 11) is 0. The third kappa shape index (κ3) is 1.55. The largest absolute Gasteiger partial charge is 0.485 e. The van der Waals surface area contributed by atoms with Crippen LogP contribution >= 0.6 is 0 Å². The Bertz CT molecular complexity index is 503. The molecule has 0 amide bonds. The van der Waals surface area contributed by atoms with Gasteiger partial charge in [-0.25, -0.2) is 0 Å². The molecule has 0 radical (unpaired) electrons. The smallest absolute Gasteiger partial charge is 0.164 e. The Hall–Kier alpha value is -2.02. The zero-order valence-corrected chi connectivity index (χ0v) is 10.4. The van der Waals surface area contributed by atoms with Gasteiger partial charge in [0.25, 0.3) is 0 Å². The standard InChI is InChI=1S/C17H16O/c1-14-12-13-18-17(14,15-8-4-2-5-9-15)16-10-6-3-7-11-16/h2-14H,1H3. The first-order chi connectivity index (χ1) is 8.84. The molecule has 0 saturated carbocycles. The number of rotatable bonds is 2. The molecule has 90 valence electrons. The van der Waals surface area contributed by atoms with E-state index in [-0.39, 0.29) is 5.60 Å². The lowest BCUT2D eigenvalue weighted by Crippen LogP contribution is -2.32. The van der Waals surface area contributed by atoms with Gasteiger partial charge in [-0.1, -0.05) is 67.6 Å². The molecular weight excluding hydrogens is 220 g/mol. The second-order valence-electron chi connectivity index (χ2n) is 4.70. The van der Waals surface area contributed by atoms with Crippen LogP contribution in [0.5, 0.6) is 0 Å². The minimum Gasteiger partial charge on any atom is -0.485 e. The van der Waals surface area contributed by atoms with Gasteiger partial charge in [0.2, 0.25) is 0 Å². The van der Waals surface area contributed by atoms with Gasteiger partial charge in [0, 0.05) is 17.0 Å². The van der Waals surface area contributed by atoms with Gasteiger partial charge in [0.1, 0.15) is 0 Å². The minimum absolute atomic E-state index is 0.322. The molecule has 0 aliphatic carbocycles. The topological polar surface area (TPSA) is 9.23 Å². The van der Waals surface area contributed by atoms with E-state index in [0.717, 1.165) is 0 Å². The van der Waals surface area contributed by atoms with Crippen LogP contribution in [0.2, 0.25) is 0 Å². The van der Waals surface area contributed by atoms with E-state index in [1.807, 2.05) is 18.4 Å². The molecule has 0 aromatic heterocycles. The highest BCUT2D eigenvalue weighted by Crippen LogP contribution is 2.44. The fourth-order valence-electron chi connectivity index (χ4n) is 2.71.